The van der Waals surface area contributed by atoms with E-state index in [1.807, 2.05) is 11.3 Å². The van der Waals surface area contributed by atoms with Gasteiger partial charge in [-0.25, -0.2) is 0 Å². The van der Waals surface area contributed by atoms with Gasteiger partial charge in [-0.3, -0.25) is 0 Å². The predicted octanol–water partition coefficient (Wildman–Crippen LogP) is 14.0. The Morgan fingerprint density at radius 3 is 1.76 bits per heavy atom. The van der Waals surface area contributed by atoms with Gasteiger partial charge in [-0.1, -0.05) is 121 Å². The van der Waals surface area contributed by atoms with Crippen LogP contribution in [0.4, 0.5) is 17.1 Å². The number of hydrogen-bond donors (Lipinski definition) is 0. The van der Waals surface area contributed by atoms with Crippen molar-refractivity contribution in [2.75, 3.05) is 4.90 Å². The van der Waals surface area contributed by atoms with Gasteiger partial charge in [-0.15, -0.1) is 11.3 Å². The quantitative estimate of drug-likeness (QED) is 0.171. The number of thiophene rings is 1. The number of fused-ring (bicyclic) bond motifs is 6. The molecule has 240 valence electrons. The minimum Gasteiger partial charge on any atom is -0.310 e. The summed E-state index contributed by atoms with van der Waals surface area (Å²) in [6.45, 7) is 0. The molecule has 0 saturated carbocycles. The molecule has 0 amide bonds. The monoisotopic (exact) mass is 668 g/mol. The van der Waals surface area contributed by atoms with E-state index in [9.17, 15) is 0 Å². The van der Waals surface area contributed by atoms with E-state index >= 15 is 0 Å². The molecule has 3 heteroatoms. The zero-order chi connectivity index (χ0) is 33.7. The maximum absolute atomic E-state index is 2.41. The average molecular weight is 669 g/mol. The van der Waals surface area contributed by atoms with Gasteiger partial charge < -0.3 is 9.47 Å². The van der Waals surface area contributed by atoms with Crippen LogP contribution in [0.15, 0.2) is 194 Å². The first-order valence-corrected chi connectivity index (χ1v) is 18.2. The molecule has 0 atom stereocenters. The smallest absolute Gasteiger partial charge is 0.0547 e. The van der Waals surface area contributed by atoms with Crippen LogP contribution in [-0.4, -0.2) is 4.57 Å². The van der Waals surface area contributed by atoms with Crippen molar-refractivity contribution in [3.8, 4) is 27.9 Å². The molecule has 0 radical (unpaired) electrons. The van der Waals surface area contributed by atoms with Crippen molar-refractivity contribution >= 4 is 70.4 Å². The van der Waals surface area contributed by atoms with E-state index in [4.69, 9.17) is 0 Å². The van der Waals surface area contributed by atoms with E-state index in [1.54, 1.807) is 0 Å². The van der Waals surface area contributed by atoms with Crippen LogP contribution in [-0.2, 0) is 0 Å². The van der Waals surface area contributed by atoms with E-state index in [-0.39, 0.29) is 0 Å². The van der Waals surface area contributed by atoms with Crippen molar-refractivity contribution < 1.29 is 0 Å². The zero-order valence-corrected chi connectivity index (χ0v) is 28.6. The molecule has 0 aliphatic heterocycles. The SMILES string of the molecule is c1ccc(-c2ccc(-c3cccc4c3c3cc(N(c5ccccc5)c5ccc6sc7ccccc7c6c5)ccc3n4-c3ccccc3)cc2)cc1. The van der Waals surface area contributed by atoms with Crippen molar-refractivity contribution in [1.82, 2.24) is 4.57 Å². The first kappa shape index (κ1) is 29.5. The van der Waals surface area contributed by atoms with Gasteiger partial charge in [0.15, 0.2) is 0 Å². The minimum atomic E-state index is 1.12. The van der Waals surface area contributed by atoms with Crippen LogP contribution in [0.25, 0.3) is 69.9 Å². The first-order chi connectivity index (χ1) is 25.3. The summed E-state index contributed by atoms with van der Waals surface area (Å²) in [6.07, 6.45) is 0. The van der Waals surface area contributed by atoms with Gasteiger partial charge in [0.25, 0.3) is 0 Å². The topological polar surface area (TPSA) is 8.17 Å². The molecule has 10 aromatic rings. The predicted molar refractivity (Wildman–Crippen MR) is 219 cm³/mol. The molecule has 0 N–H and O–H groups in total. The van der Waals surface area contributed by atoms with E-state index in [0.29, 0.717) is 0 Å². The van der Waals surface area contributed by atoms with Gasteiger partial charge in [0.1, 0.15) is 0 Å². The van der Waals surface area contributed by atoms with Crippen molar-refractivity contribution in [2.45, 2.75) is 0 Å². The van der Waals surface area contributed by atoms with Gasteiger partial charge in [0.05, 0.1) is 11.0 Å². The largest absolute Gasteiger partial charge is 0.310 e. The first-order valence-electron chi connectivity index (χ1n) is 17.4. The van der Waals surface area contributed by atoms with Crippen molar-refractivity contribution in [1.29, 1.82) is 0 Å². The van der Waals surface area contributed by atoms with Crippen LogP contribution in [0, 0.1) is 0 Å². The highest BCUT2D eigenvalue weighted by atomic mass is 32.1. The second-order valence-electron chi connectivity index (χ2n) is 13.0. The lowest BCUT2D eigenvalue weighted by Crippen LogP contribution is -2.09. The summed E-state index contributed by atoms with van der Waals surface area (Å²) in [6, 6.07) is 70.4. The Labute approximate surface area is 300 Å². The summed E-state index contributed by atoms with van der Waals surface area (Å²) in [5, 5.41) is 5.06. The summed E-state index contributed by atoms with van der Waals surface area (Å²) < 4.78 is 5.03. The van der Waals surface area contributed by atoms with Gasteiger partial charge >= 0.3 is 0 Å². The molecule has 8 aromatic carbocycles. The maximum atomic E-state index is 2.41. The normalized spacial score (nSPS) is 11.5. The number of para-hydroxylation sites is 2. The number of rotatable bonds is 6. The fourth-order valence-electron chi connectivity index (χ4n) is 7.64. The average Bonchev–Trinajstić information content (AvgIpc) is 3.74. The van der Waals surface area contributed by atoms with Gasteiger partial charge in [-0.05, 0) is 95.1 Å². The van der Waals surface area contributed by atoms with Crippen LogP contribution >= 0.6 is 11.3 Å². The molecule has 2 aromatic heterocycles. The Bertz CT molecular complexity index is 2830. The minimum absolute atomic E-state index is 1.12. The molecular weight excluding hydrogens is 637 g/mol. The molecule has 51 heavy (non-hydrogen) atoms. The number of nitrogens with zero attached hydrogens (tertiary/aromatic N) is 2. The van der Waals surface area contributed by atoms with Crippen LogP contribution in [0.1, 0.15) is 0 Å². The van der Waals surface area contributed by atoms with Gasteiger partial charge in [0, 0.05) is 53.7 Å². The molecule has 2 nitrogen and oxygen atoms in total. The van der Waals surface area contributed by atoms with E-state index in [1.165, 1.54) is 64.2 Å². The van der Waals surface area contributed by atoms with Crippen molar-refractivity contribution in [3.05, 3.63) is 194 Å². The zero-order valence-electron chi connectivity index (χ0n) is 27.8. The summed E-state index contributed by atoms with van der Waals surface area (Å²) in [7, 11) is 0. The highest BCUT2D eigenvalue weighted by molar-refractivity contribution is 7.25. The number of anilines is 3. The third-order valence-corrected chi connectivity index (χ3v) is 11.1. The highest BCUT2D eigenvalue weighted by Gasteiger charge is 2.20. The second kappa shape index (κ2) is 12.2. The molecule has 0 fully saturated rings. The van der Waals surface area contributed by atoms with E-state index in [2.05, 4.69) is 204 Å². The Morgan fingerprint density at radius 1 is 0.373 bits per heavy atom. The van der Waals surface area contributed by atoms with Crippen molar-refractivity contribution in [2.24, 2.45) is 0 Å². The second-order valence-corrected chi connectivity index (χ2v) is 14.0. The number of benzene rings is 8. The molecule has 0 bridgehead atoms. The lowest BCUT2D eigenvalue weighted by molar-refractivity contribution is 1.18. The van der Waals surface area contributed by atoms with Gasteiger partial charge in [0.2, 0.25) is 0 Å². The standard InChI is InChI=1S/C48H32N2S/c1-4-13-33(14-5-1)34-23-25-35(26-24-34)40-20-12-21-45-48(40)43-32-38(27-29-44(43)50(45)37-17-8-3-9-18-37)49(36-15-6-2-7-16-36)39-28-30-47-42(31-39)41-19-10-11-22-46(41)51-47/h1-32H. The van der Waals surface area contributed by atoms with Crippen LogP contribution in [0.5, 0.6) is 0 Å². The Morgan fingerprint density at radius 2 is 0.980 bits per heavy atom. The fourth-order valence-corrected chi connectivity index (χ4v) is 8.73. The molecule has 0 aliphatic carbocycles. The summed E-state index contributed by atoms with van der Waals surface area (Å²) >= 11 is 1.86. The fraction of sp³-hybridized carbons (Fsp3) is 0. The molecule has 0 unspecified atom stereocenters. The van der Waals surface area contributed by atoms with E-state index < -0.39 is 0 Å². The maximum Gasteiger partial charge on any atom is 0.0547 e. The van der Waals surface area contributed by atoms with Crippen LogP contribution in [0.2, 0.25) is 0 Å². The third kappa shape index (κ3) is 5.01. The molecular formula is C48H32N2S. The Hall–Kier alpha value is -6.42. The molecule has 10 rings (SSSR count). The molecule has 2 heterocycles. The molecule has 0 spiro atoms. The van der Waals surface area contributed by atoms with E-state index in [0.717, 1.165) is 22.7 Å². The molecule has 0 aliphatic rings. The Kier molecular flexibility index (Phi) is 7.04. The lowest BCUT2D eigenvalue weighted by atomic mass is 9.96. The number of hydrogen-bond acceptors (Lipinski definition) is 2. The summed E-state index contributed by atoms with van der Waals surface area (Å²) in [5.41, 5.74) is 11.8. The van der Waals surface area contributed by atoms with Gasteiger partial charge in [-0.2, -0.15) is 0 Å². The Balaban J connectivity index is 1.21. The third-order valence-electron chi connectivity index (χ3n) is 9.98. The van der Waals surface area contributed by atoms with Crippen LogP contribution in [0.3, 0.4) is 0 Å². The van der Waals surface area contributed by atoms with Crippen LogP contribution < -0.4 is 4.90 Å². The summed E-state index contributed by atoms with van der Waals surface area (Å²) in [5.74, 6) is 0. The lowest BCUT2D eigenvalue weighted by Gasteiger charge is -2.26. The van der Waals surface area contributed by atoms with Crippen molar-refractivity contribution in [3.63, 3.8) is 0 Å². The highest BCUT2D eigenvalue weighted by Crippen LogP contribution is 2.44. The number of aromatic nitrogens is 1. The molecule has 0 saturated heterocycles. The summed E-state index contributed by atoms with van der Waals surface area (Å²) in [4.78, 5) is 2.40.